The molecule has 0 fully saturated rings. The van der Waals surface area contributed by atoms with Gasteiger partial charge in [-0.3, -0.25) is 4.79 Å². The summed E-state index contributed by atoms with van der Waals surface area (Å²) in [7, 11) is 0. The molecule has 0 radical (unpaired) electrons. The number of carbonyl (C=O) groups is 1. The summed E-state index contributed by atoms with van der Waals surface area (Å²) in [6.07, 6.45) is 2.23. The van der Waals surface area contributed by atoms with E-state index in [9.17, 15) is 4.79 Å². The number of aromatic amines is 1. The van der Waals surface area contributed by atoms with Gasteiger partial charge in [0.15, 0.2) is 0 Å². The van der Waals surface area contributed by atoms with E-state index in [1.807, 2.05) is 13.1 Å². The normalized spacial score (nSPS) is 10.8. The zero-order valence-electron chi connectivity index (χ0n) is 10.5. The van der Waals surface area contributed by atoms with Gasteiger partial charge in [0.1, 0.15) is 0 Å². The molecule has 0 spiro atoms. The fourth-order valence-corrected chi connectivity index (χ4v) is 2.16. The molecule has 1 N–H and O–H groups in total. The first-order valence-corrected chi connectivity index (χ1v) is 5.84. The maximum absolute atomic E-state index is 11.5. The van der Waals surface area contributed by atoms with Crippen LogP contribution in [0, 0.1) is 13.8 Å². The SMILES string of the molecule is CCOC(=O)Cc1c[nH]c2c(C)cc(C)cc12. The number of nitrogens with one attached hydrogen (secondary N) is 1. The van der Waals surface area contributed by atoms with Crippen molar-refractivity contribution in [1.82, 2.24) is 4.98 Å². The molecule has 0 aliphatic rings. The molecular weight excluding hydrogens is 214 g/mol. The fourth-order valence-electron chi connectivity index (χ4n) is 2.16. The van der Waals surface area contributed by atoms with Gasteiger partial charge in [0, 0.05) is 17.1 Å². The molecule has 1 heterocycles. The van der Waals surface area contributed by atoms with Crippen molar-refractivity contribution in [2.24, 2.45) is 0 Å². The largest absolute Gasteiger partial charge is 0.466 e. The van der Waals surface area contributed by atoms with Crippen LogP contribution < -0.4 is 0 Å². The van der Waals surface area contributed by atoms with Crippen LogP contribution in [-0.4, -0.2) is 17.6 Å². The minimum Gasteiger partial charge on any atom is -0.466 e. The van der Waals surface area contributed by atoms with E-state index in [0.29, 0.717) is 13.0 Å². The van der Waals surface area contributed by atoms with Gasteiger partial charge < -0.3 is 9.72 Å². The molecule has 1 aromatic carbocycles. The van der Waals surface area contributed by atoms with E-state index in [1.54, 1.807) is 0 Å². The molecule has 0 aliphatic carbocycles. The Morgan fingerprint density at radius 3 is 2.82 bits per heavy atom. The summed E-state index contributed by atoms with van der Waals surface area (Å²) < 4.78 is 4.97. The van der Waals surface area contributed by atoms with Crippen molar-refractivity contribution in [3.8, 4) is 0 Å². The maximum Gasteiger partial charge on any atom is 0.310 e. The second-order valence-corrected chi connectivity index (χ2v) is 4.30. The second-order valence-electron chi connectivity index (χ2n) is 4.30. The van der Waals surface area contributed by atoms with E-state index in [1.165, 1.54) is 11.1 Å². The summed E-state index contributed by atoms with van der Waals surface area (Å²) in [6, 6.07) is 4.24. The highest BCUT2D eigenvalue weighted by molar-refractivity contribution is 5.89. The van der Waals surface area contributed by atoms with E-state index in [2.05, 4.69) is 31.0 Å². The number of H-pyrrole nitrogens is 1. The zero-order chi connectivity index (χ0) is 12.4. The molecule has 3 heteroatoms. The van der Waals surface area contributed by atoms with Gasteiger partial charge in [-0.15, -0.1) is 0 Å². The number of ether oxygens (including phenoxy) is 1. The van der Waals surface area contributed by atoms with Gasteiger partial charge in [-0.05, 0) is 38.0 Å². The number of hydrogen-bond donors (Lipinski definition) is 1. The van der Waals surface area contributed by atoms with Crippen molar-refractivity contribution in [2.75, 3.05) is 6.61 Å². The van der Waals surface area contributed by atoms with E-state index >= 15 is 0 Å². The Morgan fingerprint density at radius 1 is 1.35 bits per heavy atom. The average Bonchev–Trinajstić information content (AvgIpc) is 2.62. The first-order chi connectivity index (χ1) is 8.11. The van der Waals surface area contributed by atoms with Crippen LogP contribution in [0.2, 0.25) is 0 Å². The minimum absolute atomic E-state index is 0.174. The van der Waals surface area contributed by atoms with E-state index in [-0.39, 0.29) is 5.97 Å². The number of fused-ring (bicyclic) bond motifs is 1. The Morgan fingerprint density at radius 2 is 2.12 bits per heavy atom. The maximum atomic E-state index is 11.5. The molecule has 17 heavy (non-hydrogen) atoms. The van der Waals surface area contributed by atoms with E-state index in [0.717, 1.165) is 16.5 Å². The molecular formula is C14H17NO2. The van der Waals surface area contributed by atoms with Crippen LogP contribution in [0.3, 0.4) is 0 Å². The topological polar surface area (TPSA) is 42.1 Å². The van der Waals surface area contributed by atoms with Gasteiger partial charge >= 0.3 is 5.97 Å². The van der Waals surface area contributed by atoms with E-state index in [4.69, 9.17) is 4.74 Å². The molecule has 3 nitrogen and oxygen atoms in total. The fraction of sp³-hybridized carbons (Fsp3) is 0.357. The molecule has 0 aliphatic heterocycles. The van der Waals surface area contributed by atoms with Crippen LogP contribution in [0.15, 0.2) is 18.3 Å². The summed E-state index contributed by atoms with van der Waals surface area (Å²) in [5, 5.41) is 1.12. The molecule has 2 aromatic rings. The highest BCUT2D eigenvalue weighted by Gasteiger charge is 2.10. The number of rotatable bonds is 3. The predicted octanol–water partition coefficient (Wildman–Crippen LogP) is 2.89. The Bertz CT molecular complexity index is 555. The smallest absolute Gasteiger partial charge is 0.310 e. The van der Waals surface area contributed by atoms with Crippen molar-refractivity contribution >= 4 is 16.9 Å². The van der Waals surface area contributed by atoms with Crippen molar-refractivity contribution in [2.45, 2.75) is 27.2 Å². The molecule has 2 rings (SSSR count). The third kappa shape index (κ3) is 2.33. The molecule has 0 saturated heterocycles. The van der Waals surface area contributed by atoms with Crippen molar-refractivity contribution in [3.05, 3.63) is 35.0 Å². The molecule has 0 unspecified atom stereocenters. The van der Waals surface area contributed by atoms with E-state index < -0.39 is 0 Å². The molecule has 90 valence electrons. The number of hydrogen-bond acceptors (Lipinski definition) is 2. The summed E-state index contributed by atoms with van der Waals surface area (Å²) in [5.41, 5.74) is 4.52. The first-order valence-electron chi connectivity index (χ1n) is 5.84. The Labute approximate surface area is 101 Å². The number of aryl methyl sites for hydroxylation is 2. The summed E-state index contributed by atoms with van der Waals surface area (Å²) in [6.45, 7) is 6.38. The van der Waals surface area contributed by atoms with Crippen LogP contribution in [0.5, 0.6) is 0 Å². The standard InChI is InChI=1S/C14H17NO2/c1-4-17-13(16)7-11-8-15-14-10(3)5-9(2)6-12(11)14/h5-6,8,15H,4,7H2,1-3H3. The molecule has 0 atom stereocenters. The second kappa shape index (κ2) is 4.62. The number of carbonyl (C=O) groups excluding carboxylic acids is 1. The Hall–Kier alpha value is -1.77. The lowest BCUT2D eigenvalue weighted by atomic mass is 10.0. The van der Waals surface area contributed by atoms with Crippen molar-refractivity contribution in [3.63, 3.8) is 0 Å². The summed E-state index contributed by atoms with van der Waals surface area (Å²) in [4.78, 5) is 14.7. The third-order valence-electron chi connectivity index (χ3n) is 2.86. The zero-order valence-corrected chi connectivity index (χ0v) is 10.5. The van der Waals surface area contributed by atoms with Gasteiger partial charge in [0.05, 0.1) is 13.0 Å². The van der Waals surface area contributed by atoms with Gasteiger partial charge in [0.25, 0.3) is 0 Å². The molecule has 0 amide bonds. The van der Waals surface area contributed by atoms with Crippen LogP contribution in [-0.2, 0) is 16.0 Å². The lowest BCUT2D eigenvalue weighted by Crippen LogP contribution is -2.06. The Balaban J connectivity index is 2.39. The predicted molar refractivity (Wildman–Crippen MR) is 68.1 cm³/mol. The lowest BCUT2D eigenvalue weighted by molar-refractivity contribution is -0.142. The van der Waals surface area contributed by atoms with Crippen LogP contribution >= 0.6 is 0 Å². The quantitative estimate of drug-likeness (QED) is 0.825. The molecule has 1 aromatic heterocycles. The average molecular weight is 231 g/mol. The monoisotopic (exact) mass is 231 g/mol. The summed E-state index contributed by atoms with van der Waals surface area (Å²) >= 11 is 0. The van der Waals surface area contributed by atoms with Gasteiger partial charge in [-0.2, -0.15) is 0 Å². The van der Waals surface area contributed by atoms with Crippen LogP contribution in [0.1, 0.15) is 23.6 Å². The van der Waals surface area contributed by atoms with Gasteiger partial charge in [-0.1, -0.05) is 11.6 Å². The third-order valence-corrected chi connectivity index (χ3v) is 2.86. The number of benzene rings is 1. The molecule has 0 bridgehead atoms. The first kappa shape index (κ1) is 11.7. The Kier molecular flexibility index (Phi) is 3.18. The van der Waals surface area contributed by atoms with Crippen LogP contribution in [0.25, 0.3) is 10.9 Å². The highest BCUT2D eigenvalue weighted by Crippen LogP contribution is 2.23. The van der Waals surface area contributed by atoms with Crippen molar-refractivity contribution < 1.29 is 9.53 Å². The number of aromatic nitrogens is 1. The minimum atomic E-state index is -0.174. The van der Waals surface area contributed by atoms with Crippen molar-refractivity contribution in [1.29, 1.82) is 0 Å². The van der Waals surface area contributed by atoms with Crippen LogP contribution in [0.4, 0.5) is 0 Å². The lowest BCUT2D eigenvalue weighted by Gasteiger charge is -2.02. The molecule has 0 saturated carbocycles. The van der Waals surface area contributed by atoms with Gasteiger partial charge in [-0.25, -0.2) is 0 Å². The number of esters is 1. The summed E-state index contributed by atoms with van der Waals surface area (Å²) in [5.74, 6) is -0.174. The highest BCUT2D eigenvalue weighted by atomic mass is 16.5. The van der Waals surface area contributed by atoms with Gasteiger partial charge in [0.2, 0.25) is 0 Å².